The molecule has 9 aromatic carbocycles. The largest absolute Gasteiger partial charge is 0.0616 e. The van der Waals surface area contributed by atoms with Gasteiger partial charge in [0.15, 0.2) is 0 Å². The zero-order valence-corrected chi connectivity index (χ0v) is 26.4. The highest BCUT2D eigenvalue weighted by Gasteiger charge is 2.18. The van der Waals surface area contributed by atoms with E-state index < -0.39 is 0 Å². The van der Waals surface area contributed by atoms with Gasteiger partial charge in [-0.3, -0.25) is 0 Å². The molecule has 0 bridgehead atoms. The molecule has 0 aliphatic carbocycles. The molecule has 46 heavy (non-hydrogen) atoms. The second kappa shape index (κ2) is 10.0. The fraction of sp³-hybridized carbons (Fsp3) is 0.0870. The van der Waals surface area contributed by atoms with Crippen LogP contribution in [0.25, 0.3) is 87.2 Å². The Bertz CT molecular complexity index is 2570. The smallest absolute Gasteiger partial charge is 0.00206 e. The number of fused-ring (bicyclic) bond motifs is 2. The molecule has 0 N–H and O–H groups in total. The van der Waals surface area contributed by atoms with Gasteiger partial charge in [0.2, 0.25) is 0 Å². The van der Waals surface area contributed by atoms with Crippen molar-refractivity contribution in [3.8, 4) is 33.4 Å². The van der Waals surface area contributed by atoms with Crippen molar-refractivity contribution in [2.45, 2.75) is 26.2 Å². The first-order valence-corrected chi connectivity index (χ1v) is 16.2. The summed E-state index contributed by atoms with van der Waals surface area (Å²) in [6, 6.07) is 56.6. The third-order valence-corrected chi connectivity index (χ3v) is 9.92. The molecule has 0 aliphatic rings. The van der Waals surface area contributed by atoms with Gasteiger partial charge in [0, 0.05) is 0 Å². The molecular weight excluding hydrogens is 553 g/mol. The first-order chi connectivity index (χ1) is 22.4. The minimum absolute atomic E-state index is 0.114. The maximum atomic E-state index is 2.39. The monoisotopic (exact) mass is 586 g/mol. The number of hydrogen-bond donors (Lipinski definition) is 0. The van der Waals surface area contributed by atoms with Crippen LogP contribution in [0.5, 0.6) is 0 Å². The average Bonchev–Trinajstić information content (AvgIpc) is 3.09. The van der Waals surface area contributed by atoms with Crippen molar-refractivity contribution in [1.82, 2.24) is 0 Å². The fourth-order valence-corrected chi connectivity index (χ4v) is 7.32. The van der Waals surface area contributed by atoms with Crippen molar-refractivity contribution in [2.24, 2.45) is 0 Å². The summed E-state index contributed by atoms with van der Waals surface area (Å²) in [5, 5.41) is 13.1. The Kier molecular flexibility index (Phi) is 5.86. The second-order valence-electron chi connectivity index (χ2n) is 13.9. The highest BCUT2D eigenvalue weighted by atomic mass is 14.2. The van der Waals surface area contributed by atoms with Crippen molar-refractivity contribution >= 4 is 53.9 Å². The van der Waals surface area contributed by atoms with Gasteiger partial charge in [-0.2, -0.15) is 0 Å². The molecule has 0 atom stereocenters. The van der Waals surface area contributed by atoms with E-state index in [0.29, 0.717) is 0 Å². The van der Waals surface area contributed by atoms with E-state index in [2.05, 4.69) is 172 Å². The quantitative estimate of drug-likeness (QED) is 0.181. The van der Waals surface area contributed by atoms with E-state index in [1.807, 2.05) is 0 Å². The first-order valence-electron chi connectivity index (χ1n) is 16.2. The molecule has 9 aromatic rings. The normalized spacial score (nSPS) is 12.2. The lowest BCUT2D eigenvalue weighted by Gasteiger charge is -2.22. The molecule has 0 amide bonds. The van der Waals surface area contributed by atoms with Gasteiger partial charge in [-0.1, -0.05) is 154 Å². The Morgan fingerprint density at radius 2 is 0.783 bits per heavy atom. The van der Waals surface area contributed by atoms with Gasteiger partial charge < -0.3 is 0 Å². The van der Waals surface area contributed by atoms with E-state index in [0.717, 1.165) is 0 Å². The fourth-order valence-electron chi connectivity index (χ4n) is 7.32. The van der Waals surface area contributed by atoms with Crippen LogP contribution in [0.3, 0.4) is 0 Å². The molecule has 0 heteroatoms. The van der Waals surface area contributed by atoms with E-state index >= 15 is 0 Å². The summed E-state index contributed by atoms with van der Waals surface area (Å²) in [6.45, 7) is 6.88. The van der Waals surface area contributed by atoms with Crippen molar-refractivity contribution in [3.05, 3.63) is 157 Å². The van der Waals surface area contributed by atoms with E-state index in [4.69, 9.17) is 0 Å². The molecular formula is C46H34. The molecule has 0 radical (unpaired) electrons. The summed E-state index contributed by atoms with van der Waals surface area (Å²) >= 11 is 0. The number of rotatable bonds is 3. The number of benzene rings is 9. The van der Waals surface area contributed by atoms with Crippen LogP contribution >= 0.6 is 0 Å². The Balaban J connectivity index is 1.07. The summed E-state index contributed by atoms with van der Waals surface area (Å²) in [5.74, 6) is 0. The standard InChI is InChI=1S/C46H34/c1-46(2,3)41-27-39-19-13-32-20-22-42(43-23-21-40(28-41)44(39)45(32)43)31-11-8-30(9-12-31)34-15-16-37-26-38(18-17-36(37)25-34)35-14-10-29-6-4-5-7-33(29)24-35/h4-28H,1-3H3. The van der Waals surface area contributed by atoms with Crippen LogP contribution in [-0.2, 0) is 5.41 Å². The molecule has 0 unspecified atom stereocenters. The number of hydrogen-bond acceptors (Lipinski definition) is 0. The zero-order chi connectivity index (χ0) is 31.0. The minimum atomic E-state index is 0.114. The van der Waals surface area contributed by atoms with E-state index in [1.165, 1.54) is 92.8 Å². The lowest BCUT2D eigenvalue weighted by molar-refractivity contribution is 0.591. The van der Waals surface area contributed by atoms with E-state index in [1.54, 1.807) is 0 Å². The van der Waals surface area contributed by atoms with Crippen LogP contribution < -0.4 is 0 Å². The topological polar surface area (TPSA) is 0 Å². The summed E-state index contributed by atoms with van der Waals surface area (Å²) in [7, 11) is 0. The summed E-state index contributed by atoms with van der Waals surface area (Å²) in [5.41, 5.74) is 9.00. The zero-order valence-electron chi connectivity index (χ0n) is 26.4. The van der Waals surface area contributed by atoms with Crippen LogP contribution in [0.15, 0.2) is 152 Å². The molecule has 218 valence electrons. The van der Waals surface area contributed by atoms with Crippen LogP contribution in [0.2, 0.25) is 0 Å². The van der Waals surface area contributed by atoms with E-state index in [-0.39, 0.29) is 5.41 Å². The molecule has 0 fully saturated rings. The molecule has 0 heterocycles. The Morgan fingerprint density at radius 1 is 0.326 bits per heavy atom. The van der Waals surface area contributed by atoms with Gasteiger partial charge in [-0.05, 0) is 116 Å². The van der Waals surface area contributed by atoms with Crippen molar-refractivity contribution in [3.63, 3.8) is 0 Å². The van der Waals surface area contributed by atoms with Crippen molar-refractivity contribution in [1.29, 1.82) is 0 Å². The van der Waals surface area contributed by atoms with Crippen molar-refractivity contribution < 1.29 is 0 Å². The SMILES string of the molecule is CC(C)(C)c1cc2ccc3ccc(-c4ccc(-c5ccc6cc(-c7ccc8ccccc8c7)ccc6c5)cc4)c4ccc(c1)c2c34. The molecule has 0 aliphatic heterocycles. The molecule has 0 nitrogen and oxygen atoms in total. The van der Waals surface area contributed by atoms with Gasteiger partial charge in [-0.15, -0.1) is 0 Å². The minimum Gasteiger partial charge on any atom is -0.0616 e. The average molecular weight is 587 g/mol. The Morgan fingerprint density at radius 3 is 1.43 bits per heavy atom. The van der Waals surface area contributed by atoms with Crippen molar-refractivity contribution in [2.75, 3.05) is 0 Å². The van der Waals surface area contributed by atoms with Crippen LogP contribution in [-0.4, -0.2) is 0 Å². The van der Waals surface area contributed by atoms with Gasteiger partial charge in [0.25, 0.3) is 0 Å². The van der Waals surface area contributed by atoms with Crippen LogP contribution in [0.1, 0.15) is 26.3 Å². The van der Waals surface area contributed by atoms with Gasteiger partial charge in [-0.25, -0.2) is 0 Å². The maximum absolute atomic E-state index is 2.39. The second-order valence-corrected chi connectivity index (χ2v) is 13.9. The predicted octanol–water partition coefficient (Wildman–Crippen LogP) is 13.2. The van der Waals surface area contributed by atoms with Crippen LogP contribution in [0.4, 0.5) is 0 Å². The first kappa shape index (κ1) is 26.9. The molecule has 0 spiro atoms. The van der Waals surface area contributed by atoms with Gasteiger partial charge >= 0.3 is 0 Å². The highest BCUT2D eigenvalue weighted by molar-refractivity contribution is 6.25. The molecule has 0 aromatic heterocycles. The predicted molar refractivity (Wildman–Crippen MR) is 200 cm³/mol. The molecule has 0 saturated carbocycles. The van der Waals surface area contributed by atoms with Crippen LogP contribution in [0, 0.1) is 0 Å². The summed E-state index contributed by atoms with van der Waals surface area (Å²) in [4.78, 5) is 0. The maximum Gasteiger partial charge on any atom is -0.00206 e. The molecule has 9 rings (SSSR count). The summed E-state index contributed by atoms with van der Waals surface area (Å²) in [6.07, 6.45) is 0. The van der Waals surface area contributed by atoms with Gasteiger partial charge in [0.1, 0.15) is 0 Å². The third-order valence-electron chi connectivity index (χ3n) is 9.92. The Hall–Kier alpha value is -5.46. The lowest BCUT2D eigenvalue weighted by Crippen LogP contribution is -2.10. The molecule has 0 saturated heterocycles. The highest BCUT2D eigenvalue weighted by Crippen LogP contribution is 2.41. The van der Waals surface area contributed by atoms with Gasteiger partial charge in [0.05, 0.1) is 0 Å². The Labute approximate surface area is 269 Å². The third kappa shape index (κ3) is 4.37. The van der Waals surface area contributed by atoms with E-state index in [9.17, 15) is 0 Å². The lowest BCUT2D eigenvalue weighted by atomic mass is 9.82. The summed E-state index contributed by atoms with van der Waals surface area (Å²) < 4.78 is 0.